The Bertz CT molecular complexity index is 582. The van der Waals surface area contributed by atoms with Crippen LogP contribution in [0, 0.1) is 5.92 Å². The summed E-state index contributed by atoms with van der Waals surface area (Å²) >= 11 is 0. The molecule has 0 amide bonds. The Morgan fingerprint density at radius 2 is 1.90 bits per heavy atom. The van der Waals surface area contributed by atoms with Gasteiger partial charge in [0.15, 0.2) is 0 Å². The molecule has 2 aromatic rings. The summed E-state index contributed by atoms with van der Waals surface area (Å²) in [5, 5.41) is 4.60. The zero-order chi connectivity index (χ0) is 15.5. The molecule has 1 aromatic carbocycles. The molecule has 1 heterocycles. The first kappa shape index (κ1) is 15.8. The monoisotopic (exact) mass is 286 g/mol. The maximum atomic E-state index is 6.28. The summed E-state index contributed by atoms with van der Waals surface area (Å²) in [4.78, 5) is 4.38. The number of pyridine rings is 1. The lowest BCUT2D eigenvalue weighted by atomic mass is 10.0. The van der Waals surface area contributed by atoms with Gasteiger partial charge in [-0.15, -0.1) is 0 Å². The second-order valence-electron chi connectivity index (χ2n) is 6.86. The van der Waals surface area contributed by atoms with Crippen LogP contribution in [0.25, 0.3) is 10.9 Å². The Hall–Kier alpha value is -1.61. The Morgan fingerprint density at radius 1 is 1.14 bits per heavy atom. The van der Waals surface area contributed by atoms with E-state index >= 15 is 0 Å². The molecule has 2 rings (SSSR count). The van der Waals surface area contributed by atoms with Gasteiger partial charge in [-0.25, -0.2) is 0 Å². The SMILES string of the molecule is CC(C)C(CNC(C)(C)C)Oc1cccc2ncccc12. The summed E-state index contributed by atoms with van der Waals surface area (Å²) in [5.74, 6) is 1.35. The van der Waals surface area contributed by atoms with Gasteiger partial charge >= 0.3 is 0 Å². The molecule has 0 saturated carbocycles. The van der Waals surface area contributed by atoms with E-state index < -0.39 is 0 Å². The number of hydrogen-bond acceptors (Lipinski definition) is 3. The van der Waals surface area contributed by atoms with Crippen molar-refractivity contribution in [3.05, 3.63) is 36.5 Å². The third-order valence-corrected chi connectivity index (χ3v) is 3.46. The van der Waals surface area contributed by atoms with Crippen LogP contribution in [0.3, 0.4) is 0 Å². The van der Waals surface area contributed by atoms with E-state index in [0.29, 0.717) is 5.92 Å². The maximum Gasteiger partial charge on any atom is 0.129 e. The second kappa shape index (κ2) is 6.44. The molecular formula is C18H26N2O. The van der Waals surface area contributed by atoms with Gasteiger partial charge in [0.2, 0.25) is 0 Å². The summed E-state index contributed by atoms with van der Waals surface area (Å²) in [6.07, 6.45) is 1.95. The number of nitrogens with zero attached hydrogens (tertiary/aromatic N) is 1. The van der Waals surface area contributed by atoms with Crippen LogP contribution in [0.4, 0.5) is 0 Å². The summed E-state index contributed by atoms with van der Waals surface area (Å²) in [6.45, 7) is 11.7. The minimum absolute atomic E-state index is 0.0941. The average Bonchev–Trinajstić information content (AvgIpc) is 2.42. The van der Waals surface area contributed by atoms with E-state index in [2.05, 4.69) is 51.0 Å². The van der Waals surface area contributed by atoms with E-state index in [1.54, 1.807) is 0 Å². The molecule has 0 aliphatic rings. The van der Waals surface area contributed by atoms with Crippen molar-refractivity contribution in [2.24, 2.45) is 5.92 Å². The summed E-state index contributed by atoms with van der Waals surface area (Å²) < 4.78 is 6.28. The fraction of sp³-hybridized carbons (Fsp3) is 0.500. The number of benzene rings is 1. The van der Waals surface area contributed by atoms with Gasteiger partial charge < -0.3 is 10.1 Å². The molecule has 1 N–H and O–H groups in total. The molecule has 0 bridgehead atoms. The highest BCUT2D eigenvalue weighted by Crippen LogP contribution is 2.26. The van der Waals surface area contributed by atoms with Gasteiger partial charge in [0.05, 0.1) is 5.52 Å². The van der Waals surface area contributed by atoms with Crippen molar-refractivity contribution in [2.45, 2.75) is 46.3 Å². The van der Waals surface area contributed by atoms with E-state index in [9.17, 15) is 0 Å². The molecular weight excluding hydrogens is 260 g/mol. The van der Waals surface area contributed by atoms with Crippen LogP contribution in [0.2, 0.25) is 0 Å². The predicted molar refractivity (Wildman–Crippen MR) is 88.8 cm³/mol. The van der Waals surface area contributed by atoms with Crippen molar-refractivity contribution in [2.75, 3.05) is 6.54 Å². The van der Waals surface area contributed by atoms with Crippen molar-refractivity contribution >= 4 is 10.9 Å². The van der Waals surface area contributed by atoms with Crippen molar-refractivity contribution in [1.29, 1.82) is 0 Å². The van der Waals surface area contributed by atoms with E-state index in [1.165, 1.54) is 0 Å². The van der Waals surface area contributed by atoms with Crippen molar-refractivity contribution in [3.63, 3.8) is 0 Å². The molecule has 1 atom stereocenters. The number of hydrogen-bond donors (Lipinski definition) is 1. The van der Waals surface area contributed by atoms with Gasteiger partial charge in [-0.05, 0) is 51.0 Å². The number of ether oxygens (including phenoxy) is 1. The van der Waals surface area contributed by atoms with Gasteiger partial charge in [0.1, 0.15) is 11.9 Å². The Balaban J connectivity index is 2.19. The van der Waals surface area contributed by atoms with Crippen molar-refractivity contribution in [1.82, 2.24) is 10.3 Å². The Kier molecular flexibility index (Phi) is 4.84. The van der Waals surface area contributed by atoms with Gasteiger partial charge in [-0.1, -0.05) is 19.9 Å². The lowest BCUT2D eigenvalue weighted by molar-refractivity contribution is 0.141. The highest BCUT2D eigenvalue weighted by molar-refractivity contribution is 5.84. The highest BCUT2D eigenvalue weighted by Gasteiger charge is 2.19. The first-order chi connectivity index (χ1) is 9.87. The zero-order valence-corrected chi connectivity index (χ0v) is 13.7. The van der Waals surface area contributed by atoms with Gasteiger partial charge in [-0.3, -0.25) is 4.98 Å². The minimum atomic E-state index is 0.0941. The first-order valence-corrected chi connectivity index (χ1v) is 7.62. The number of rotatable bonds is 5. The lowest BCUT2D eigenvalue weighted by Crippen LogP contribution is -2.44. The quantitative estimate of drug-likeness (QED) is 0.901. The predicted octanol–water partition coefficient (Wildman–Crippen LogP) is 4.03. The molecule has 1 aromatic heterocycles. The number of fused-ring (bicyclic) bond motifs is 1. The van der Waals surface area contributed by atoms with Crippen LogP contribution >= 0.6 is 0 Å². The molecule has 0 spiro atoms. The van der Waals surface area contributed by atoms with Gasteiger partial charge in [0, 0.05) is 23.7 Å². The molecule has 3 nitrogen and oxygen atoms in total. The highest BCUT2D eigenvalue weighted by atomic mass is 16.5. The molecule has 1 unspecified atom stereocenters. The maximum absolute atomic E-state index is 6.28. The third-order valence-electron chi connectivity index (χ3n) is 3.46. The lowest BCUT2D eigenvalue weighted by Gasteiger charge is -2.28. The summed E-state index contributed by atoms with van der Waals surface area (Å²) in [5.41, 5.74) is 1.07. The van der Waals surface area contributed by atoms with E-state index in [4.69, 9.17) is 4.74 Å². The van der Waals surface area contributed by atoms with Crippen LogP contribution in [-0.4, -0.2) is 23.2 Å². The van der Waals surface area contributed by atoms with Crippen LogP contribution in [-0.2, 0) is 0 Å². The smallest absolute Gasteiger partial charge is 0.129 e. The van der Waals surface area contributed by atoms with E-state index in [1.807, 2.05) is 30.5 Å². The molecule has 114 valence electrons. The number of aromatic nitrogens is 1. The molecule has 0 aliphatic heterocycles. The van der Waals surface area contributed by atoms with Gasteiger partial charge in [-0.2, -0.15) is 0 Å². The standard InChI is InChI=1S/C18H26N2O/c1-13(2)17(12-20-18(3,4)5)21-16-10-6-9-15-14(16)8-7-11-19-15/h6-11,13,17,20H,12H2,1-5H3. The molecule has 0 fully saturated rings. The Morgan fingerprint density at radius 3 is 2.57 bits per heavy atom. The fourth-order valence-electron chi connectivity index (χ4n) is 2.16. The van der Waals surface area contributed by atoms with Gasteiger partial charge in [0.25, 0.3) is 0 Å². The minimum Gasteiger partial charge on any atom is -0.488 e. The second-order valence-corrected chi connectivity index (χ2v) is 6.86. The van der Waals surface area contributed by atoms with Crippen LogP contribution in [0.5, 0.6) is 5.75 Å². The van der Waals surface area contributed by atoms with Crippen molar-refractivity contribution in [3.8, 4) is 5.75 Å². The molecule has 21 heavy (non-hydrogen) atoms. The van der Waals surface area contributed by atoms with E-state index in [-0.39, 0.29) is 11.6 Å². The number of nitrogens with one attached hydrogen (secondary N) is 1. The molecule has 0 saturated heterocycles. The topological polar surface area (TPSA) is 34.1 Å². The largest absolute Gasteiger partial charge is 0.488 e. The molecule has 0 aliphatic carbocycles. The Labute approximate surface area is 127 Å². The summed E-state index contributed by atoms with van der Waals surface area (Å²) in [7, 11) is 0. The molecule has 0 radical (unpaired) electrons. The van der Waals surface area contributed by atoms with E-state index in [0.717, 1.165) is 23.2 Å². The fourth-order valence-corrected chi connectivity index (χ4v) is 2.16. The first-order valence-electron chi connectivity index (χ1n) is 7.62. The van der Waals surface area contributed by atoms with Crippen LogP contribution < -0.4 is 10.1 Å². The zero-order valence-electron chi connectivity index (χ0n) is 13.7. The third kappa shape index (κ3) is 4.43. The molecule has 3 heteroatoms. The summed E-state index contributed by atoms with van der Waals surface area (Å²) in [6, 6.07) is 10.1. The average molecular weight is 286 g/mol. The van der Waals surface area contributed by atoms with Crippen molar-refractivity contribution < 1.29 is 4.74 Å². The van der Waals surface area contributed by atoms with Crippen LogP contribution in [0.15, 0.2) is 36.5 Å². The normalized spacial score (nSPS) is 13.6. The van der Waals surface area contributed by atoms with Crippen LogP contribution in [0.1, 0.15) is 34.6 Å².